The van der Waals surface area contributed by atoms with Gasteiger partial charge in [0.15, 0.2) is 5.69 Å². The first-order valence-electron chi connectivity index (χ1n) is 9.64. The van der Waals surface area contributed by atoms with E-state index in [4.69, 9.17) is 27.9 Å². The molecule has 2 aromatic carbocycles. The topological polar surface area (TPSA) is 76.2 Å². The number of carbonyl (C=O) groups excluding carboxylic acids is 1. The number of hydrogen-bond acceptors (Lipinski definition) is 4. The van der Waals surface area contributed by atoms with E-state index in [1.54, 1.807) is 22.8 Å². The van der Waals surface area contributed by atoms with Gasteiger partial charge in [-0.3, -0.25) is 4.79 Å². The van der Waals surface area contributed by atoms with Gasteiger partial charge in [0.05, 0.1) is 17.1 Å². The van der Waals surface area contributed by atoms with Gasteiger partial charge in [-0.15, -0.1) is 10.2 Å². The average molecular weight is 448 g/mol. The van der Waals surface area contributed by atoms with Gasteiger partial charge in [0.25, 0.3) is 5.91 Å². The number of amides is 1. The van der Waals surface area contributed by atoms with Crippen molar-refractivity contribution in [2.75, 3.05) is 6.61 Å². The Hall–Kier alpha value is -2.57. The first-order valence-corrected chi connectivity index (χ1v) is 10.4. The lowest BCUT2D eigenvalue weighted by Gasteiger charge is -2.10. The summed E-state index contributed by atoms with van der Waals surface area (Å²) < 4.78 is 7.34. The van der Waals surface area contributed by atoms with Crippen molar-refractivity contribution in [3.63, 3.8) is 0 Å². The highest BCUT2D eigenvalue weighted by Crippen LogP contribution is 2.41. The third-order valence-electron chi connectivity index (χ3n) is 4.57. The Morgan fingerprint density at radius 2 is 1.97 bits per heavy atom. The highest BCUT2D eigenvalue weighted by atomic mass is 35.5. The number of aromatic hydroxyl groups is 1. The third kappa shape index (κ3) is 4.94. The molecule has 6 nitrogen and oxygen atoms in total. The van der Waals surface area contributed by atoms with Crippen molar-refractivity contribution in [1.82, 2.24) is 4.57 Å². The number of aryl methyl sites for hydroxylation is 1. The molecule has 0 saturated heterocycles. The molecule has 0 bridgehead atoms. The molecule has 0 radical (unpaired) electrons. The molecule has 0 saturated carbocycles. The molecule has 1 amide bonds. The predicted octanol–water partition coefficient (Wildman–Crippen LogP) is 7.01. The number of aromatic nitrogens is 1. The lowest BCUT2D eigenvalue weighted by atomic mass is 10.1. The minimum atomic E-state index is -0.390. The van der Waals surface area contributed by atoms with Gasteiger partial charge in [-0.2, -0.15) is 0 Å². The summed E-state index contributed by atoms with van der Waals surface area (Å²) in [6.45, 7) is 6.21. The maximum absolute atomic E-state index is 12.1. The summed E-state index contributed by atoms with van der Waals surface area (Å²) in [5, 5.41) is 20.2. The van der Waals surface area contributed by atoms with E-state index in [-0.39, 0.29) is 18.3 Å². The van der Waals surface area contributed by atoms with Crippen LogP contribution in [0.3, 0.4) is 0 Å². The van der Waals surface area contributed by atoms with Crippen molar-refractivity contribution in [1.29, 1.82) is 0 Å². The van der Waals surface area contributed by atoms with E-state index >= 15 is 0 Å². The molecular formula is C22H23Cl2N3O3. The molecule has 3 rings (SSSR count). The van der Waals surface area contributed by atoms with Crippen molar-refractivity contribution >= 4 is 45.7 Å². The summed E-state index contributed by atoms with van der Waals surface area (Å²) in [7, 11) is 0. The minimum absolute atomic E-state index is 0.00265. The van der Waals surface area contributed by atoms with Crippen LogP contribution in [0.1, 0.15) is 38.3 Å². The van der Waals surface area contributed by atoms with Crippen LogP contribution in [-0.4, -0.2) is 22.2 Å². The van der Waals surface area contributed by atoms with Gasteiger partial charge in [-0.25, -0.2) is 0 Å². The molecule has 8 heteroatoms. The zero-order chi connectivity index (χ0) is 21.8. The average Bonchev–Trinajstić information content (AvgIpc) is 2.95. The number of nitrogens with zero attached hydrogens (tertiary/aromatic N) is 3. The van der Waals surface area contributed by atoms with E-state index in [0.717, 1.165) is 16.5 Å². The Labute approximate surface area is 185 Å². The maximum atomic E-state index is 12.1. The highest BCUT2D eigenvalue weighted by molar-refractivity contribution is 6.35. The minimum Gasteiger partial charge on any atom is -0.493 e. The zero-order valence-corrected chi connectivity index (χ0v) is 18.5. The van der Waals surface area contributed by atoms with E-state index in [2.05, 4.69) is 10.2 Å². The van der Waals surface area contributed by atoms with Crippen molar-refractivity contribution < 1.29 is 14.6 Å². The van der Waals surface area contributed by atoms with E-state index in [0.29, 0.717) is 34.5 Å². The summed E-state index contributed by atoms with van der Waals surface area (Å²) in [4.78, 5) is 12.1. The van der Waals surface area contributed by atoms with Crippen LogP contribution in [0.15, 0.2) is 46.6 Å². The lowest BCUT2D eigenvalue weighted by molar-refractivity contribution is -0.118. The van der Waals surface area contributed by atoms with Gasteiger partial charge in [0.2, 0.25) is 5.88 Å². The Morgan fingerprint density at radius 1 is 1.20 bits per heavy atom. The zero-order valence-electron chi connectivity index (χ0n) is 17.0. The summed E-state index contributed by atoms with van der Waals surface area (Å²) >= 11 is 11.9. The summed E-state index contributed by atoms with van der Waals surface area (Å²) in [5.41, 5.74) is 2.19. The number of fused-ring (bicyclic) bond motifs is 1. The molecule has 0 unspecified atom stereocenters. The second-order valence-electron chi connectivity index (χ2n) is 7.28. The number of benzene rings is 2. The summed E-state index contributed by atoms with van der Waals surface area (Å²) in [6, 6.07) is 10.8. The molecule has 1 N–H and O–H groups in total. The van der Waals surface area contributed by atoms with Gasteiger partial charge in [0.1, 0.15) is 5.75 Å². The van der Waals surface area contributed by atoms with Crippen LogP contribution in [0.5, 0.6) is 11.6 Å². The second-order valence-corrected chi connectivity index (χ2v) is 8.12. The monoisotopic (exact) mass is 447 g/mol. The molecule has 1 aromatic heterocycles. The van der Waals surface area contributed by atoms with E-state index in [9.17, 15) is 9.90 Å². The molecule has 3 aromatic rings. The SMILES string of the molecule is Cc1ccc2c(c1)c(N=NC(=O)CCCOc1ccc(Cl)cc1Cl)c(O)n2C(C)C. The van der Waals surface area contributed by atoms with Gasteiger partial charge >= 0.3 is 0 Å². The summed E-state index contributed by atoms with van der Waals surface area (Å²) in [5.74, 6) is 0.123. The molecular weight excluding hydrogens is 425 g/mol. The van der Waals surface area contributed by atoms with Crippen LogP contribution in [0, 0.1) is 6.92 Å². The van der Waals surface area contributed by atoms with Crippen LogP contribution >= 0.6 is 23.2 Å². The number of carbonyl (C=O) groups is 1. The van der Waals surface area contributed by atoms with Gasteiger partial charge in [-0.05, 0) is 57.5 Å². The molecule has 0 atom stereocenters. The van der Waals surface area contributed by atoms with Crippen molar-refractivity contribution in [2.24, 2.45) is 10.2 Å². The van der Waals surface area contributed by atoms with Gasteiger partial charge in [-0.1, -0.05) is 34.8 Å². The Kier molecular flexibility index (Phi) is 7.00. The smallest absolute Gasteiger partial charge is 0.264 e. The lowest BCUT2D eigenvalue weighted by Crippen LogP contribution is -2.01. The Bertz CT molecular complexity index is 1110. The van der Waals surface area contributed by atoms with E-state index < -0.39 is 5.91 Å². The quantitative estimate of drug-likeness (QED) is 0.312. The predicted molar refractivity (Wildman–Crippen MR) is 119 cm³/mol. The van der Waals surface area contributed by atoms with E-state index in [1.165, 1.54) is 0 Å². The number of halogens is 2. The fourth-order valence-corrected chi connectivity index (χ4v) is 3.64. The number of ether oxygens (including phenoxy) is 1. The largest absolute Gasteiger partial charge is 0.493 e. The van der Waals surface area contributed by atoms with Crippen LogP contribution in [0.2, 0.25) is 10.0 Å². The Morgan fingerprint density at radius 3 is 2.67 bits per heavy atom. The fourth-order valence-electron chi connectivity index (χ4n) is 3.17. The normalized spacial score (nSPS) is 11.7. The van der Waals surface area contributed by atoms with Crippen molar-refractivity contribution in [3.8, 4) is 11.6 Å². The molecule has 1 heterocycles. The van der Waals surface area contributed by atoms with Crippen LogP contribution in [-0.2, 0) is 4.79 Å². The first-order chi connectivity index (χ1) is 14.3. The number of azo groups is 1. The molecule has 0 aliphatic heterocycles. The standard InChI is InChI=1S/C22H23Cl2N3O3/c1-13(2)27-18-8-6-14(3)11-16(18)21(22(27)29)26-25-20(28)5-4-10-30-19-9-7-15(23)12-17(19)24/h6-9,11-13,29H,4-5,10H2,1-3H3. The van der Waals surface area contributed by atoms with Crippen LogP contribution in [0.25, 0.3) is 10.9 Å². The van der Waals surface area contributed by atoms with Gasteiger partial charge in [0, 0.05) is 22.9 Å². The van der Waals surface area contributed by atoms with Crippen molar-refractivity contribution in [2.45, 2.75) is 39.7 Å². The molecule has 0 fully saturated rings. The maximum Gasteiger partial charge on any atom is 0.264 e. The number of rotatable bonds is 7. The van der Waals surface area contributed by atoms with E-state index in [1.807, 2.05) is 39.0 Å². The van der Waals surface area contributed by atoms with Crippen molar-refractivity contribution in [3.05, 3.63) is 52.0 Å². The van der Waals surface area contributed by atoms with Gasteiger partial charge < -0.3 is 14.4 Å². The Balaban J connectivity index is 1.65. The number of hydrogen-bond donors (Lipinski definition) is 1. The summed E-state index contributed by atoms with van der Waals surface area (Å²) in [6.07, 6.45) is 0.618. The second kappa shape index (κ2) is 9.49. The van der Waals surface area contributed by atoms with Crippen LogP contribution in [0.4, 0.5) is 5.69 Å². The molecule has 0 aliphatic rings. The first kappa shape index (κ1) is 22.1. The molecule has 0 spiro atoms. The highest BCUT2D eigenvalue weighted by Gasteiger charge is 2.19. The third-order valence-corrected chi connectivity index (χ3v) is 5.10. The fraction of sp³-hybridized carbons (Fsp3) is 0.318. The molecule has 30 heavy (non-hydrogen) atoms. The van der Waals surface area contributed by atoms with Crippen LogP contribution < -0.4 is 4.74 Å². The molecule has 0 aliphatic carbocycles. The molecule has 158 valence electrons.